The Labute approximate surface area is 185 Å². The Morgan fingerprint density at radius 2 is 1.48 bits per heavy atom. The Morgan fingerprint density at radius 1 is 0.839 bits per heavy atom. The minimum absolute atomic E-state index is 0.471. The van der Waals surface area contributed by atoms with Crippen molar-refractivity contribution in [3.63, 3.8) is 0 Å². The number of nitriles is 1. The zero-order valence-electron chi connectivity index (χ0n) is 19.0. The molecule has 0 radical (unpaired) electrons. The van der Waals surface area contributed by atoms with E-state index < -0.39 is 0 Å². The molecule has 0 heterocycles. The van der Waals surface area contributed by atoms with Crippen LogP contribution in [0.3, 0.4) is 0 Å². The van der Waals surface area contributed by atoms with Crippen molar-refractivity contribution < 1.29 is 23.7 Å². The highest BCUT2D eigenvalue weighted by molar-refractivity contribution is 5.90. The average molecular weight is 426 g/mol. The maximum atomic E-state index is 9.75. The normalized spacial score (nSPS) is 10.9. The first kappa shape index (κ1) is 23.9. The van der Waals surface area contributed by atoms with Crippen LogP contribution in [0, 0.1) is 11.3 Å². The summed E-state index contributed by atoms with van der Waals surface area (Å²) in [5, 5.41) is 9.75. The van der Waals surface area contributed by atoms with Crippen LogP contribution >= 0.6 is 0 Å². The smallest absolute Gasteiger partial charge is 0.203 e. The standard InChI is InChI=1S/C25H31NO5/c1-6-7-8-9-12-31-25-23(29-4)14-18(15-24(25)30-5)13-20(17-26)19-10-11-21(27-2)22(16-19)28-3/h10-11,13-16H,6-9,12H2,1-5H3/b20-13+. The molecule has 0 aliphatic rings. The number of hydrogen-bond acceptors (Lipinski definition) is 6. The first-order valence-electron chi connectivity index (χ1n) is 10.3. The van der Waals surface area contributed by atoms with E-state index in [0.717, 1.165) is 18.4 Å². The van der Waals surface area contributed by atoms with Gasteiger partial charge >= 0.3 is 0 Å². The van der Waals surface area contributed by atoms with Gasteiger partial charge in [-0.05, 0) is 54.0 Å². The van der Waals surface area contributed by atoms with Gasteiger partial charge in [-0.25, -0.2) is 0 Å². The third-order valence-corrected chi connectivity index (χ3v) is 4.85. The summed E-state index contributed by atoms with van der Waals surface area (Å²) in [6.45, 7) is 2.77. The van der Waals surface area contributed by atoms with Gasteiger partial charge in [0.05, 0.1) is 46.7 Å². The van der Waals surface area contributed by atoms with Gasteiger partial charge in [0.1, 0.15) is 0 Å². The van der Waals surface area contributed by atoms with E-state index in [0.29, 0.717) is 46.5 Å². The molecule has 6 heteroatoms. The van der Waals surface area contributed by atoms with Crippen LogP contribution in [0.15, 0.2) is 30.3 Å². The quantitative estimate of drug-likeness (QED) is 0.245. The molecule has 0 unspecified atom stereocenters. The van der Waals surface area contributed by atoms with Crippen LogP contribution in [-0.4, -0.2) is 35.0 Å². The Hall–Kier alpha value is -3.33. The number of methoxy groups -OCH3 is 4. The van der Waals surface area contributed by atoms with Gasteiger partial charge in [-0.3, -0.25) is 0 Å². The van der Waals surface area contributed by atoms with Crippen molar-refractivity contribution in [2.75, 3.05) is 35.0 Å². The molecule has 166 valence electrons. The van der Waals surface area contributed by atoms with Gasteiger partial charge in [-0.15, -0.1) is 0 Å². The molecular weight excluding hydrogens is 394 g/mol. The van der Waals surface area contributed by atoms with Gasteiger partial charge in [0.25, 0.3) is 0 Å². The Bertz CT molecular complexity index is 905. The molecule has 0 aromatic heterocycles. The lowest BCUT2D eigenvalue weighted by Gasteiger charge is -2.15. The molecule has 0 fully saturated rings. The highest BCUT2D eigenvalue weighted by Crippen LogP contribution is 2.40. The molecule has 0 spiro atoms. The summed E-state index contributed by atoms with van der Waals surface area (Å²) in [6, 6.07) is 11.3. The maximum absolute atomic E-state index is 9.75. The van der Waals surface area contributed by atoms with Crippen molar-refractivity contribution >= 4 is 11.6 Å². The molecule has 6 nitrogen and oxygen atoms in total. The highest BCUT2D eigenvalue weighted by Gasteiger charge is 2.15. The monoisotopic (exact) mass is 425 g/mol. The van der Waals surface area contributed by atoms with Crippen LogP contribution in [0.2, 0.25) is 0 Å². The molecule has 0 amide bonds. The fourth-order valence-electron chi connectivity index (χ4n) is 3.18. The van der Waals surface area contributed by atoms with Crippen LogP contribution in [0.1, 0.15) is 43.7 Å². The molecule has 0 aliphatic carbocycles. The van der Waals surface area contributed by atoms with E-state index >= 15 is 0 Å². The van der Waals surface area contributed by atoms with Crippen molar-refractivity contribution in [1.29, 1.82) is 5.26 Å². The fraction of sp³-hybridized carbons (Fsp3) is 0.400. The van der Waals surface area contributed by atoms with Gasteiger partial charge in [0.15, 0.2) is 23.0 Å². The van der Waals surface area contributed by atoms with Crippen LogP contribution in [0.4, 0.5) is 0 Å². The lowest BCUT2D eigenvalue weighted by molar-refractivity contribution is 0.267. The molecule has 2 aromatic carbocycles. The SMILES string of the molecule is CCCCCCOc1c(OC)cc(/C=C(\C#N)c2ccc(OC)c(OC)c2)cc1OC. The minimum Gasteiger partial charge on any atom is -0.493 e. The van der Waals surface area contributed by atoms with Crippen molar-refractivity contribution in [2.24, 2.45) is 0 Å². The summed E-state index contributed by atoms with van der Waals surface area (Å²) in [7, 11) is 6.32. The molecule has 0 atom stereocenters. The molecule has 0 aliphatic heterocycles. The second-order valence-electron chi connectivity index (χ2n) is 6.90. The summed E-state index contributed by atoms with van der Waals surface area (Å²) in [5.41, 5.74) is 1.95. The van der Waals surface area contributed by atoms with E-state index in [1.54, 1.807) is 46.6 Å². The van der Waals surface area contributed by atoms with Gasteiger partial charge in [0, 0.05) is 0 Å². The minimum atomic E-state index is 0.471. The van der Waals surface area contributed by atoms with Gasteiger partial charge in [-0.1, -0.05) is 26.2 Å². The molecule has 0 saturated carbocycles. The molecule has 2 aromatic rings. The van der Waals surface area contributed by atoms with Crippen LogP contribution in [-0.2, 0) is 0 Å². The van der Waals surface area contributed by atoms with E-state index in [2.05, 4.69) is 13.0 Å². The number of nitrogens with zero attached hydrogens (tertiary/aromatic N) is 1. The Balaban J connectivity index is 2.36. The Morgan fingerprint density at radius 3 is 2.03 bits per heavy atom. The van der Waals surface area contributed by atoms with Crippen molar-refractivity contribution in [3.8, 4) is 34.8 Å². The molecule has 0 bridgehead atoms. The van der Waals surface area contributed by atoms with Crippen LogP contribution in [0.25, 0.3) is 11.6 Å². The van der Waals surface area contributed by atoms with Crippen LogP contribution in [0.5, 0.6) is 28.7 Å². The van der Waals surface area contributed by atoms with Gasteiger partial charge < -0.3 is 23.7 Å². The van der Waals surface area contributed by atoms with Crippen molar-refractivity contribution in [2.45, 2.75) is 32.6 Å². The predicted molar refractivity (Wildman–Crippen MR) is 122 cm³/mol. The van der Waals surface area contributed by atoms with Gasteiger partial charge in [0.2, 0.25) is 5.75 Å². The fourth-order valence-corrected chi connectivity index (χ4v) is 3.18. The second-order valence-corrected chi connectivity index (χ2v) is 6.90. The summed E-state index contributed by atoms with van der Waals surface area (Å²) in [6.07, 6.45) is 6.24. The topological polar surface area (TPSA) is 69.9 Å². The summed E-state index contributed by atoms with van der Waals surface area (Å²) in [5.74, 6) is 2.86. The summed E-state index contributed by atoms with van der Waals surface area (Å²) < 4.78 is 27.7. The molecule has 2 rings (SSSR count). The van der Waals surface area contributed by atoms with E-state index in [4.69, 9.17) is 23.7 Å². The lowest BCUT2D eigenvalue weighted by Crippen LogP contribution is -2.02. The lowest BCUT2D eigenvalue weighted by atomic mass is 10.0. The van der Waals surface area contributed by atoms with Crippen LogP contribution < -0.4 is 23.7 Å². The number of unbranched alkanes of at least 4 members (excludes halogenated alkanes) is 3. The first-order valence-corrected chi connectivity index (χ1v) is 10.3. The summed E-state index contributed by atoms with van der Waals surface area (Å²) >= 11 is 0. The zero-order chi connectivity index (χ0) is 22.6. The number of allylic oxidation sites excluding steroid dienone is 1. The number of hydrogen-bond donors (Lipinski definition) is 0. The van der Waals surface area contributed by atoms with Crippen molar-refractivity contribution in [1.82, 2.24) is 0 Å². The third-order valence-electron chi connectivity index (χ3n) is 4.85. The molecular formula is C25H31NO5. The second kappa shape index (κ2) is 12.4. The van der Waals surface area contributed by atoms with E-state index in [1.807, 2.05) is 18.2 Å². The molecule has 0 N–H and O–H groups in total. The maximum Gasteiger partial charge on any atom is 0.203 e. The van der Waals surface area contributed by atoms with Crippen molar-refractivity contribution in [3.05, 3.63) is 41.5 Å². The van der Waals surface area contributed by atoms with E-state index in [1.165, 1.54) is 12.8 Å². The average Bonchev–Trinajstić information content (AvgIpc) is 2.81. The third kappa shape index (κ3) is 6.32. The first-order chi connectivity index (χ1) is 15.1. The van der Waals surface area contributed by atoms with E-state index in [9.17, 15) is 5.26 Å². The number of ether oxygens (including phenoxy) is 5. The highest BCUT2D eigenvalue weighted by atomic mass is 16.5. The number of benzene rings is 2. The Kier molecular flexibility index (Phi) is 9.57. The van der Waals surface area contributed by atoms with Gasteiger partial charge in [-0.2, -0.15) is 5.26 Å². The molecule has 31 heavy (non-hydrogen) atoms. The predicted octanol–water partition coefficient (Wildman–Crippen LogP) is 5.74. The summed E-state index contributed by atoms with van der Waals surface area (Å²) in [4.78, 5) is 0. The number of rotatable bonds is 12. The zero-order valence-corrected chi connectivity index (χ0v) is 19.0. The molecule has 0 saturated heterocycles. The largest absolute Gasteiger partial charge is 0.493 e. The van der Waals surface area contributed by atoms with E-state index in [-0.39, 0.29) is 0 Å².